The molecule has 13 heavy (non-hydrogen) atoms. The zero-order valence-electron chi connectivity index (χ0n) is 7.20. The Morgan fingerprint density at radius 3 is 2.85 bits per heavy atom. The molecule has 0 saturated carbocycles. The third-order valence-electron chi connectivity index (χ3n) is 2.46. The summed E-state index contributed by atoms with van der Waals surface area (Å²) in [7, 11) is 0. The Bertz CT molecular complexity index is 303. The van der Waals surface area contributed by atoms with Crippen molar-refractivity contribution in [3.05, 3.63) is 34.9 Å². The molecule has 2 atom stereocenters. The summed E-state index contributed by atoms with van der Waals surface area (Å²) in [6.07, 6.45) is -0.279. The van der Waals surface area contributed by atoms with E-state index in [1.807, 2.05) is 24.3 Å². The van der Waals surface area contributed by atoms with Crippen LogP contribution in [0.3, 0.4) is 0 Å². The molecule has 2 N–H and O–H groups in total. The fourth-order valence-electron chi connectivity index (χ4n) is 1.74. The average molecular weight is 198 g/mol. The Labute approximate surface area is 82.5 Å². The molecule has 0 radical (unpaired) electrons. The topological polar surface area (TPSA) is 32.3 Å². The molecule has 1 aliphatic rings. The molecule has 0 aliphatic carbocycles. The second-order valence-electron chi connectivity index (χ2n) is 3.39. The first-order valence-corrected chi connectivity index (χ1v) is 4.79. The van der Waals surface area contributed by atoms with Gasteiger partial charge in [0.1, 0.15) is 0 Å². The van der Waals surface area contributed by atoms with Gasteiger partial charge in [0.2, 0.25) is 0 Å². The van der Waals surface area contributed by atoms with Crippen molar-refractivity contribution in [3.63, 3.8) is 0 Å². The van der Waals surface area contributed by atoms with E-state index in [1.54, 1.807) is 0 Å². The maximum atomic E-state index is 9.63. The Balaban J connectivity index is 2.24. The molecule has 1 heterocycles. The SMILES string of the molecule is O[C@@H]1CNC[C@H]1c1cccc(Cl)c1. The lowest BCUT2D eigenvalue weighted by Crippen LogP contribution is -2.15. The number of β-amino-alcohol motifs (C(OH)–C–C–N with tert-alkyl or cyclic N) is 1. The number of hydrogen-bond acceptors (Lipinski definition) is 2. The molecule has 2 nitrogen and oxygen atoms in total. The van der Waals surface area contributed by atoms with Crippen LogP contribution in [0.2, 0.25) is 5.02 Å². The van der Waals surface area contributed by atoms with E-state index in [0.717, 1.165) is 17.1 Å². The molecule has 1 aromatic rings. The van der Waals surface area contributed by atoms with Crippen molar-refractivity contribution in [3.8, 4) is 0 Å². The van der Waals surface area contributed by atoms with Crippen LogP contribution in [0.5, 0.6) is 0 Å². The fraction of sp³-hybridized carbons (Fsp3) is 0.400. The molecular weight excluding hydrogens is 186 g/mol. The van der Waals surface area contributed by atoms with Crippen LogP contribution in [0.4, 0.5) is 0 Å². The molecule has 1 aliphatic heterocycles. The van der Waals surface area contributed by atoms with Gasteiger partial charge in [-0.3, -0.25) is 0 Å². The summed E-state index contributed by atoms with van der Waals surface area (Å²) in [5, 5.41) is 13.5. The van der Waals surface area contributed by atoms with E-state index < -0.39 is 0 Å². The van der Waals surface area contributed by atoms with Gasteiger partial charge in [-0.25, -0.2) is 0 Å². The molecular formula is C10H12ClNO. The number of hydrogen-bond donors (Lipinski definition) is 2. The number of halogens is 1. The van der Waals surface area contributed by atoms with Crippen molar-refractivity contribution < 1.29 is 5.11 Å². The first-order chi connectivity index (χ1) is 6.27. The second-order valence-corrected chi connectivity index (χ2v) is 3.82. The van der Waals surface area contributed by atoms with Crippen LogP contribution in [0.1, 0.15) is 11.5 Å². The predicted octanol–water partition coefficient (Wildman–Crippen LogP) is 1.39. The first-order valence-electron chi connectivity index (χ1n) is 4.41. The highest BCUT2D eigenvalue weighted by atomic mass is 35.5. The molecule has 0 bridgehead atoms. The van der Waals surface area contributed by atoms with Crippen LogP contribution in [0.25, 0.3) is 0 Å². The number of aliphatic hydroxyl groups is 1. The molecule has 1 saturated heterocycles. The van der Waals surface area contributed by atoms with Crippen molar-refractivity contribution >= 4 is 11.6 Å². The molecule has 2 rings (SSSR count). The Morgan fingerprint density at radius 2 is 2.23 bits per heavy atom. The van der Waals surface area contributed by atoms with Gasteiger partial charge in [-0.2, -0.15) is 0 Å². The minimum atomic E-state index is -0.279. The van der Waals surface area contributed by atoms with Crippen molar-refractivity contribution in [1.29, 1.82) is 0 Å². The van der Waals surface area contributed by atoms with Gasteiger partial charge in [0.05, 0.1) is 6.10 Å². The van der Waals surface area contributed by atoms with Crippen LogP contribution in [0.15, 0.2) is 24.3 Å². The van der Waals surface area contributed by atoms with Crippen molar-refractivity contribution in [2.75, 3.05) is 13.1 Å². The highest BCUT2D eigenvalue weighted by molar-refractivity contribution is 6.30. The van der Waals surface area contributed by atoms with E-state index in [0.29, 0.717) is 6.54 Å². The second kappa shape index (κ2) is 3.66. The van der Waals surface area contributed by atoms with Crippen LogP contribution in [0, 0.1) is 0 Å². The van der Waals surface area contributed by atoms with Crippen LogP contribution in [-0.4, -0.2) is 24.3 Å². The van der Waals surface area contributed by atoms with Crippen molar-refractivity contribution in [2.24, 2.45) is 0 Å². The van der Waals surface area contributed by atoms with Crippen molar-refractivity contribution in [1.82, 2.24) is 5.32 Å². The number of aliphatic hydroxyl groups excluding tert-OH is 1. The summed E-state index contributed by atoms with van der Waals surface area (Å²) < 4.78 is 0. The lowest BCUT2D eigenvalue weighted by Gasteiger charge is -2.13. The molecule has 0 amide bonds. The quantitative estimate of drug-likeness (QED) is 0.713. The van der Waals surface area contributed by atoms with Gasteiger partial charge in [0.15, 0.2) is 0 Å². The highest BCUT2D eigenvalue weighted by Crippen LogP contribution is 2.24. The average Bonchev–Trinajstić information content (AvgIpc) is 2.51. The van der Waals surface area contributed by atoms with Gasteiger partial charge in [-0.1, -0.05) is 23.7 Å². The summed E-state index contributed by atoms with van der Waals surface area (Å²) >= 11 is 5.87. The molecule has 0 spiro atoms. The molecule has 1 aromatic carbocycles. The molecule has 70 valence electrons. The maximum Gasteiger partial charge on any atom is 0.0745 e. The lowest BCUT2D eigenvalue weighted by atomic mass is 9.96. The monoisotopic (exact) mass is 197 g/mol. The van der Waals surface area contributed by atoms with E-state index >= 15 is 0 Å². The molecule has 3 heteroatoms. The van der Waals surface area contributed by atoms with Gasteiger partial charge < -0.3 is 10.4 Å². The third-order valence-corrected chi connectivity index (χ3v) is 2.69. The smallest absolute Gasteiger partial charge is 0.0745 e. The number of rotatable bonds is 1. The summed E-state index contributed by atoms with van der Waals surface area (Å²) in [5.74, 6) is 0.193. The number of benzene rings is 1. The van der Waals surface area contributed by atoms with Crippen LogP contribution in [-0.2, 0) is 0 Å². The zero-order chi connectivity index (χ0) is 9.26. The fourth-order valence-corrected chi connectivity index (χ4v) is 1.94. The zero-order valence-corrected chi connectivity index (χ0v) is 7.96. The molecule has 0 unspecified atom stereocenters. The van der Waals surface area contributed by atoms with Gasteiger partial charge in [0.25, 0.3) is 0 Å². The predicted molar refractivity (Wildman–Crippen MR) is 53.1 cm³/mol. The van der Waals surface area contributed by atoms with Crippen LogP contribution >= 0.6 is 11.6 Å². The van der Waals surface area contributed by atoms with E-state index in [4.69, 9.17) is 11.6 Å². The first kappa shape index (κ1) is 9.00. The van der Waals surface area contributed by atoms with E-state index in [9.17, 15) is 5.11 Å². The normalized spacial score (nSPS) is 27.8. The standard InChI is InChI=1S/C10H12ClNO/c11-8-3-1-2-7(4-8)9-5-12-6-10(9)13/h1-4,9-10,12-13H,5-6H2/t9-,10+/m0/s1. The lowest BCUT2D eigenvalue weighted by molar-refractivity contribution is 0.178. The summed E-state index contributed by atoms with van der Waals surface area (Å²) in [5.41, 5.74) is 1.12. The van der Waals surface area contributed by atoms with Gasteiger partial charge in [-0.15, -0.1) is 0 Å². The minimum absolute atomic E-state index is 0.193. The van der Waals surface area contributed by atoms with Gasteiger partial charge in [-0.05, 0) is 17.7 Å². The Kier molecular flexibility index (Phi) is 2.54. The maximum absolute atomic E-state index is 9.63. The summed E-state index contributed by atoms with van der Waals surface area (Å²) in [4.78, 5) is 0. The largest absolute Gasteiger partial charge is 0.391 e. The Hall–Kier alpha value is -0.570. The van der Waals surface area contributed by atoms with E-state index in [1.165, 1.54) is 0 Å². The third kappa shape index (κ3) is 1.85. The van der Waals surface area contributed by atoms with Crippen molar-refractivity contribution in [2.45, 2.75) is 12.0 Å². The van der Waals surface area contributed by atoms with E-state index in [-0.39, 0.29) is 12.0 Å². The summed E-state index contributed by atoms with van der Waals surface area (Å²) in [6.45, 7) is 1.51. The highest BCUT2D eigenvalue weighted by Gasteiger charge is 2.26. The van der Waals surface area contributed by atoms with E-state index in [2.05, 4.69) is 5.32 Å². The molecule has 1 fully saturated rings. The van der Waals surface area contributed by atoms with Gasteiger partial charge >= 0.3 is 0 Å². The summed E-state index contributed by atoms with van der Waals surface area (Å²) in [6, 6.07) is 7.69. The minimum Gasteiger partial charge on any atom is -0.391 e. The number of nitrogens with one attached hydrogen (secondary N) is 1. The van der Waals surface area contributed by atoms with Gasteiger partial charge in [0, 0.05) is 24.0 Å². The van der Waals surface area contributed by atoms with Crippen LogP contribution < -0.4 is 5.32 Å². The Morgan fingerprint density at radius 1 is 1.38 bits per heavy atom. The molecule has 0 aromatic heterocycles.